The number of hydrazone groups is 1. The summed E-state index contributed by atoms with van der Waals surface area (Å²) in [7, 11) is 0. The predicted molar refractivity (Wildman–Crippen MR) is 90.6 cm³/mol. The van der Waals surface area contributed by atoms with E-state index in [4.69, 9.17) is 0 Å². The molecule has 7 nitrogen and oxygen atoms in total. The van der Waals surface area contributed by atoms with Gasteiger partial charge in [0.2, 0.25) is 0 Å². The van der Waals surface area contributed by atoms with Gasteiger partial charge in [-0.15, -0.1) is 0 Å². The fourth-order valence-electron chi connectivity index (χ4n) is 2.17. The third-order valence-corrected chi connectivity index (χ3v) is 3.35. The number of rotatable bonds is 5. The Labute approximate surface area is 137 Å². The Bertz CT molecular complexity index is 886. The van der Waals surface area contributed by atoms with Crippen molar-refractivity contribution in [3.63, 3.8) is 0 Å². The molecule has 0 unspecified atom stereocenters. The second-order valence-corrected chi connectivity index (χ2v) is 5.01. The van der Waals surface area contributed by atoms with Gasteiger partial charge in [-0.2, -0.15) is 5.10 Å². The summed E-state index contributed by atoms with van der Waals surface area (Å²) in [4.78, 5) is 30.5. The number of benzene rings is 1. The van der Waals surface area contributed by atoms with Crippen LogP contribution in [0.2, 0.25) is 0 Å². The molecule has 24 heavy (non-hydrogen) atoms. The molecule has 0 aliphatic rings. The minimum absolute atomic E-state index is 0.168. The van der Waals surface area contributed by atoms with Gasteiger partial charge in [0.1, 0.15) is 0 Å². The highest BCUT2D eigenvalue weighted by Crippen LogP contribution is 2.15. The minimum atomic E-state index is -0.414. The monoisotopic (exact) mass is 321 g/mol. The highest BCUT2D eigenvalue weighted by Gasteiger charge is 2.07. The van der Waals surface area contributed by atoms with Gasteiger partial charge in [-0.1, -0.05) is 18.2 Å². The standard InChI is InChI=1S/C17H15N5O2/c23-16(11-20-17(24)12-4-3-7-18-8-12)22-21-10-13-9-19-15-6-2-1-5-14(13)15/h1-10,19H,11H2,(H,20,24)(H,22,23). The molecule has 3 rings (SSSR count). The third-order valence-electron chi connectivity index (χ3n) is 3.35. The first-order chi connectivity index (χ1) is 11.7. The van der Waals surface area contributed by atoms with Crippen LogP contribution in [0.1, 0.15) is 15.9 Å². The van der Waals surface area contributed by atoms with Crippen molar-refractivity contribution in [3.05, 3.63) is 66.1 Å². The number of hydrogen-bond donors (Lipinski definition) is 3. The summed E-state index contributed by atoms with van der Waals surface area (Å²) in [6.07, 6.45) is 6.37. The normalized spacial score (nSPS) is 10.8. The largest absolute Gasteiger partial charge is 0.361 e. The van der Waals surface area contributed by atoms with E-state index in [2.05, 4.69) is 25.8 Å². The molecule has 2 heterocycles. The molecule has 0 aliphatic carbocycles. The van der Waals surface area contributed by atoms with Crippen molar-refractivity contribution in [1.82, 2.24) is 20.7 Å². The maximum atomic E-state index is 11.8. The number of pyridine rings is 1. The van der Waals surface area contributed by atoms with Gasteiger partial charge in [0.25, 0.3) is 11.8 Å². The molecule has 0 bridgehead atoms. The number of para-hydroxylation sites is 1. The zero-order valence-corrected chi connectivity index (χ0v) is 12.7. The summed E-state index contributed by atoms with van der Waals surface area (Å²) in [6, 6.07) is 11.1. The summed E-state index contributed by atoms with van der Waals surface area (Å²) >= 11 is 0. The lowest BCUT2D eigenvalue weighted by molar-refractivity contribution is -0.120. The first-order valence-electron chi connectivity index (χ1n) is 7.30. The van der Waals surface area contributed by atoms with Crippen molar-refractivity contribution >= 4 is 28.9 Å². The Morgan fingerprint density at radius 1 is 1.21 bits per heavy atom. The second kappa shape index (κ2) is 7.19. The Hall–Kier alpha value is -3.48. The maximum absolute atomic E-state index is 11.8. The first kappa shape index (κ1) is 15.4. The van der Waals surface area contributed by atoms with Crippen LogP contribution in [0.15, 0.2) is 60.1 Å². The van der Waals surface area contributed by atoms with E-state index < -0.39 is 5.91 Å². The Morgan fingerprint density at radius 2 is 2.08 bits per heavy atom. The molecule has 3 N–H and O–H groups in total. The minimum Gasteiger partial charge on any atom is -0.361 e. The van der Waals surface area contributed by atoms with E-state index in [0.29, 0.717) is 5.56 Å². The zero-order chi connectivity index (χ0) is 16.8. The number of amides is 2. The number of aromatic amines is 1. The Kier molecular flexibility index (Phi) is 4.62. The first-order valence-corrected chi connectivity index (χ1v) is 7.30. The number of nitrogens with zero attached hydrogens (tertiary/aromatic N) is 2. The summed E-state index contributed by atoms with van der Waals surface area (Å²) in [6.45, 7) is -0.168. The zero-order valence-electron chi connectivity index (χ0n) is 12.7. The summed E-state index contributed by atoms with van der Waals surface area (Å²) in [5.41, 5.74) is 4.64. The van der Waals surface area contributed by atoms with Crippen LogP contribution in [0.4, 0.5) is 0 Å². The van der Waals surface area contributed by atoms with Crippen molar-refractivity contribution in [1.29, 1.82) is 0 Å². The summed E-state index contributed by atoms with van der Waals surface area (Å²) < 4.78 is 0. The highest BCUT2D eigenvalue weighted by molar-refractivity contribution is 5.99. The van der Waals surface area contributed by atoms with Crippen LogP contribution < -0.4 is 10.7 Å². The average Bonchev–Trinajstić information content (AvgIpc) is 3.04. The average molecular weight is 321 g/mol. The lowest BCUT2D eigenvalue weighted by Crippen LogP contribution is -2.34. The number of hydrogen-bond acceptors (Lipinski definition) is 4. The van der Waals surface area contributed by atoms with Crippen LogP contribution in [0.25, 0.3) is 10.9 Å². The highest BCUT2D eigenvalue weighted by atomic mass is 16.2. The van der Waals surface area contributed by atoms with Crippen LogP contribution in [0.3, 0.4) is 0 Å². The molecule has 3 aromatic rings. The van der Waals surface area contributed by atoms with E-state index in [-0.39, 0.29) is 12.5 Å². The lowest BCUT2D eigenvalue weighted by Gasteiger charge is -2.03. The molecule has 1 aromatic carbocycles. The third kappa shape index (κ3) is 3.64. The number of fused-ring (bicyclic) bond motifs is 1. The Balaban J connectivity index is 1.51. The van der Waals surface area contributed by atoms with Gasteiger partial charge in [-0.3, -0.25) is 14.6 Å². The van der Waals surface area contributed by atoms with Crippen LogP contribution in [-0.4, -0.2) is 34.5 Å². The van der Waals surface area contributed by atoms with Crippen molar-refractivity contribution < 1.29 is 9.59 Å². The second-order valence-electron chi connectivity index (χ2n) is 5.01. The molecule has 0 atom stereocenters. The van der Waals surface area contributed by atoms with E-state index >= 15 is 0 Å². The van der Waals surface area contributed by atoms with Crippen molar-refractivity contribution in [2.24, 2.45) is 5.10 Å². The summed E-state index contributed by atoms with van der Waals surface area (Å²) in [5.74, 6) is -0.776. The quantitative estimate of drug-likeness (QED) is 0.490. The van der Waals surface area contributed by atoms with Gasteiger partial charge in [-0.05, 0) is 18.2 Å². The number of carbonyl (C=O) groups excluding carboxylic acids is 2. The van der Waals surface area contributed by atoms with Gasteiger partial charge in [0.15, 0.2) is 0 Å². The van der Waals surface area contributed by atoms with E-state index in [9.17, 15) is 9.59 Å². The number of carbonyl (C=O) groups is 2. The molecule has 0 aliphatic heterocycles. The van der Waals surface area contributed by atoms with Crippen LogP contribution in [0.5, 0.6) is 0 Å². The molecule has 0 fully saturated rings. The molecule has 2 amide bonds. The smallest absolute Gasteiger partial charge is 0.259 e. The number of aromatic nitrogens is 2. The fraction of sp³-hybridized carbons (Fsp3) is 0.0588. The van der Waals surface area contributed by atoms with Crippen molar-refractivity contribution in [2.45, 2.75) is 0 Å². The van der Waals surface area contributed by atoms with Crippen molar-refractivity contribution in [2.75, 3.05) is 6.54 Å². The maximum Gasteiger partial charge on any atom is 0.259 e. The van der Waals surface area contributed by atoms with Gasteiger partial charge in [0.05, 0.1) is 18.3 Å². The van der Waals surface area contributed by atoms with Crippen LogP contribution in [-0.2, 0) is 4.79 Å². The van der Waals surface area contributed by atoms with Crippen LogP contribution >= 0.6 is 0 Å². The molecular weight excluding hydrogens is 306 g/mol. The predicted octanol–water partition coefficient (Wildman–Crippen LogP) is 1.44. The van der Waals surface area contributed by atoms with E-state index in [1.165, 1.54) is 6.20 Å². The fourth-order valence-corrected chi connectivity index (χ4v) is 2.17. The topological polar surface area (TPSA) is 99.2 Å². The van der Waals surface area contributed by atoms with Crippen molar-refractivity contribution in [3.8, 4) is 0 Å². The molecule has 0 radical (unpaired) electrons. The van der Waals surface area contributed by atoms with Crippen LogP contribution in [0, 0.1) is 0 Å². The molecule has 0 saturated heterocycles. The molecule has 0 spiro atoms. The van der Waals surface area contributed by atoms with Gasteiger partial charge in [-0.25, -0.2) is 5.43 Å². The molecule has 2 aromatic heterocycles. The van der Waals surface area contributed by atoms with Gasteiger partial charge >= 0.3 is 0 Å². The lowest BCUT2D eigenvalue weighted by atomic mass is 10.2. The van der Waals surface area contributed by atoms with Gasteiger partial charge < -0.3 is 10.3 Å². The number of nitrogens with one attached hydrogen (secondary N) is 3. The molecule has 0 saturated carbocycles. The Morgan fingerprint density at radius 3 is 2.92 bits per heavy atom. The van der Waals surface area contributed by atoms with E-state index in [0.717, 1.165) is 16.5 Å². The molecular formula is C17H15N5O2. The SMILES string of the molecule is O=C(CNC(=O)c1cccnc1)NN=Cc1c[nH]c2ccccc12. The molecule has 120 valence electrons. The van der Waals surface area contributed by atoms with Gasteiger partial charge in [0, 0.05) is 35.1 Å². The molecule has 7 heteroatoms. The van der Waals surface area contributed by atoms with E-state index in [1.54, 1.807) is 24.5 Å². The summed E-state index contributed by atoms with van der Waals surface area (Å²) in [5, 5.41) is 7.42. The van der Waals surface area contributed by atoms with E-state index in [1.807, 2.05) is 30.5 Å². The number of H-pyrrole nitrogens is 1.